The van der Waals surface area contributed by atoms with Crippen LogP contribution in [0, 0.1) is 0 Å². The van der Waals surface area contributed by atoms with E-state index in [1.54, 1.807) is 6.21 Å². The lowest BCUT2D eigenvalue weighted by atomic mass is 10.2. The highest BCUT2D eigenvalue weighted by molar-refractivity contribution is 9.10. The number of nitrogens with zero attached hydrogens (tertiary/aromatic N) is 2. The first kappa shape index (κ1) is 15.2. The average molecular weight is 393 g/mol. The van der Waals surface area contributed by atoms with Crippen molar-refractivity contribution in [1.82, 2.24) is 4.98 Å². The topological polar surface area (TPSA) is 37.3 Å². The van der Waals surface area contributed by atoms with Gasteiger partial charge in [0, 0.05) is 26.0 Å². The highest BCUT2D eigenvalue weighted by atomic mass is 79.9. The fraction of sp³-hybridized carbons (Fsp3) is 0. The summed E-state index contributed by atoms with van der Waals surface area (Å²) < 4.78 is 1.05. The maximum atomic E-state index is 6.07. The highest BCUT2D eigenvalue weighted by Crippen LogP contribution is 2.26. The molecular weight excluding hydrogens is 382 g/mol. The first-order valence-electron chi connectivity index (χ1n) is 6.47. The standard InChI is InChI=1S/C16H11BrClN3S/c17-13-7-5-11(6-8-13)15-10-22-16(20-15)21-19-9-12-3-1-2-4-14(12)18/h1-10H,(H,20,21)/b19-9-. The Balaban J connectivity index is 1.70. The van der Waals surface area contributed by atoms with E-state index in [0.717, 1.165) is 26.4 Å². The van der Waals surface area contributed by atoms with Crippen molar-refractivity contribution >= 4 is 50.2 Å². The van der Waals surface area contributed by atoms with Crippen molar-refractivity contribution in [3.63, 3.8) is 0 Å². The van der Waals surface area contributed by atoms with Crippen LogP contribution in [0.4, 0.5) is 5.13 Å². The van der Waals surface area contributed by atoms with Crippen LogP contribution >= 0.6 is 38.9 Å². The third kappa shape index (κ3) is 3.74. The van der Waals surface area contributed by atoms with Gasteiger partial charge in [-0.15, -0.1) is 11.3 Å². The van der Waals surface area contributed by atoms with Gasteiger partial charge >= 0.3 is 0 Å². The molecule has 0 bridgehead atoms. The number of hydrogen-bond acceptors (Lipinski definition) is 4. The van der Waals surface area contributed by atoms with Crippen molar-refractivity contribution in [2.24, 2.45) is 5.10 Å². The molecule has 0 aliphatic carbocycles. The summed E-state index contributed by atoms with van der Waals surface area (Å²) in [6, 6.07) is 15.6. The molecule has 3 nitrogen and oxygen atoms in total. The maximum absolute atomic E-state index is 6.07. The largest absolute Gasteiger partial charge is 0.253 e. The molecule has 2 aromatic carbocycles. The molecule has 0 fully saturated rings. The average Bonchev–Trinajstić information content (AvgIpc) is 2.99. The predicted molar refractivity (Wildman–Crippen MR) is 97.9 cm³/mol. The minimum absolute atomic E-state index is 0.669. The number of thiazole rings is 1. The third-order valence-electron chi connectivity index (χ3n) is 2.91. The molecule has 0 amide bonds. The zero-order valence-electron chi connectivity index (χ0n) is 11.3. The number of halogens is 2. The number of anilines is 1. The van der Waals surface area contributed by atoms with Gasteiger partial charge in [-0.3, -0.25) is 5.43 Å². The fourth-order valence-electron chi connectivity index (χ4n) is 1.82. The van der Waals surface area contributed by atoms with E-state index in [4.69, 9.17) is 11.6 Å². The van der Waals surface area contributed by atoms with Gasteiger partial charge in [-0.1, -0.05) is 57.9 Å². The van der Waals surface area contributed by atoms with Crippen LogP contribution < -0.4 is 5.43 Å². The third-order valence-corrected chi connectivity index (χ3v) is 4.53. The van der Waals surface area contributed by atoms with E-state index >= 15 is 0 Å². The van der Waals surface area contributed by atoms with E-state index in [1.807, 2.05) is 53.9 Å². The minimum atomic E-state index is 0.669. The number of hydrazone groups is 1. The normalized spacial score (nSPS) is 11.0. The molecule has 0 spiro atoms. The van der Waals surface area contributed by atoms with Gasteiger partial charge in [0.25, 0.3) is 0 Å². The molecule has 3 aromatic rings. The molecule has 22 heavy (non-hydrogen) atoms. The molecule has 0 aliphatic heterocycles. The first-order valence-corrected chi connectivity index (χ1v) is 8.52. The van der Waals surface area contributed by atoms with Crippen LogP contribution in [0.15, 0.2) is 63.5 Å². The second-order valence-corrected chi connectivity index (χ2v) is 6.62. The smallest absolute Gasteiger partial charge is 0.203 e. The lowest BCUT2D eigenvalue weighted by molar-refractivity contribution is 1.29. The molecule has 110 valence electrons. The lowest BCUT2D eigenvalue weighted by Crippen LogP contribution is -1.90. The molecule has 0 unspecified atom stereocenters. The Kier molecular flexibility index (Phi) is 4.87. The molecule has 3 rings (SSSR count). The molecule has 1 aromatic heterocycles. The van der Waals surface area contributed by atoms with Gasteiger partial charge in [-0.2, -0.15) is 5.10 Å². The van der Waals surface area contributed by atoms with E-state index < -0.39 is 0 Å². The summed E-state index contributed by atoms with van der Waals surface area (Å²) in [6.45, 7) is 0. The Morgan fingerprint density at radius 2 is 1.91 bits per heavy atom. The summed E-state index contributed by atoms with van der Waals surface area (Å²) in [5.41, 5.74) is 5.79. The quantitative estimate of drug-likeness (QED) is 0.458. The Hall–Kier alpha value is -1.69. The summed E-state index contributed by atoms with van der Waals surface area (Å²) in [7, 11) is 0. The molecule has 0 radical (unpaired) electrons. The van der Waals surface area contributed by atoms with Gasteiger partial charge in [0.15, 0.2) is 0 Å². The molecule has 0 aliphatic rings. The van der Waals surface area contributed by atoms with E-state index in [-0.39, 0.29) is 0 Å². The second kappa shape index (κ2) is 7.05. The van der Waals surface area contributed by atoms with E-state index in [1.165, 1.54) is 11.3 Å². The number of aromatic nitrogens is 1. The van der Waals surface area contributed by atoms with E-state index in [2.05, 4.69) is 31.4 Å². The Labute approximate surface area is 145 Å². The minimum Gasteiger partial charge on any atom is -0.253 e. The maximum Gasteiger partial charge on any atom is 0.203 e. The number of rotatable bonds is 4. The predicted octanol–water partition coefficient (Wildman–Crippen LogP) is 5.67. The van der Waals surface area contributed by atoms with Crippen LogP contribution in [0.5, 0.6) is 0 Å². The van der Waals surface area contributed by atoms with Crippen LogP contribution in [0.3, 0.4) is 0 Å². The van der Waals surface area contributed by atoms with E-state index in [9.17, 15) is 0 Å². The first-order chi connectivity index (χ1) is 10.7. The molecular formula is C16H11BrClN3S. The van der Waals surface area contributed by atoms with Crippen LogP contribution in [0.25, 0.3) is 11.3 Å². The van der Waals surface area contributed by atoms with Crippen LogP contribution in [-0.4, -0.2) is 11.2 Å². The van der Waals surface area contributed by atoms with Crippen molar-refractivity contribution in [3.8, 4) is 11.3 Å². The van der Waals surface area contributed by atoms with Crippen LogP contribution in [-0.2, 0) is 0 Å². The fourth-order valence-corrected chi connectivity index (χ4v) is 2.93. The van der Waals surface area contributed by atoms with Crippen molar-refractivity contribution in [3.05, 3.63) is 69.0 Å². The van der Waals surface area contributed by atoms with Crippen LogP contribution in [0.2, 0.25) is 5.02 Å². The van der Waals surface area contributed by atoms with Gasteiger partial charge in [-0.25, -0.2) is 4.98 Å². The summed E-state index contributed by atoms with van der Waals surface area (Å²) in [6.07, 6.45) is 1.68. The monoisotopic (exact) mass is 391 g/mol. The molecule has 1 heterocycles. The SMILES string of the molecule is Clc1ccccc1/C=N\Nc1nc(-c2ccc(Br)cc2)cs1. The molecule has 1 N–H and O–H groups in total. The van der Waals surface area contributed by atoms with Crippen LogP contribution in [0.1, 0.15) is 5.56 Å². The van der Waals surface area contributed by atoms with Crippen molar-refractivity contribution in [2.45, 2.75) is 0 Å². The zero-order valence-corrected chi connectivity index (χ0v) is 14.5. The number of benzene rings is 2. The highest BCUT2D eigenvalue weighted by Gasteiger charge is 2.03. The number of hydrogen-bond donors (Lipinski definition) is 1. The molecule has 6 heteroatoms. The number of nitrogens with one attached hydrogen (secondary N) is 1. The Bertz CT molecular complexity index is 799. The molecule has 0 saturated heterocycles. The Morgan fingerprint density at radius 3 is 2.68 bits per heavy atom. The van der Waals surface area contributed by atoms with Gasteiger partial charge in [0.1, 0.15) is 0 Å². The zero-order chi connectivity index (χ0) is 15.4. The summed E-state index contributed by atoms with van der Waals surface area (Å²) >= 11 is 11.0. The summed E-state index contributed by atoms with van der Waals surface area (Å²) in [5.74, 6) is 0. The molecule has 0 atom stereocenters. The lowest BCUT2D eigenvalue weighted by Gasteiger charge is -1.97. The second-order valence-electron chi connectivity index (χ2n) is 4.44. The van der Waals surface area contributed by atoms with Gasteiger partial charge < -0.3 is 0 Å². The molecule has 0 saturated carbocycles. The summed E-state index contributed by atoms with van der Waals surface area (Å²) in [4.78, 5) is 4.51. The van der Waals surface area contributed by atoms with Crippen molar-refractivity contribution < 1.29 is 0 Å². The van der Waals surface area contributed by atoms with Gasteiger partial charge in [0.05, 0.1) is 11.9 Å². The van der Waals surface area contributed by atoms with E-state index in [0.29, 0.717) is 5.02 Å². The van der Waals surface area contributed by atoms with Crippen molar-refractivity contribution in [2.75, 3.05) is 5.43 Å². The van der Waals surface area contributed by atoms with Crippen molar-refractivity contribution in [1.29, 1.82) is 0 Å². The van der Waals surface area contributed by atoms with Gasteiger partial charge in [-0.05, 0) is 18.2 Å². The summed E-state index contributed by atoms with van der Waals surface area (Å²) in [5, 5.41) is 7.58. The van der Waals surface area contributed by atoms with Gasteiger partial charge in [0.2, 0.25) is 5.13 Å². The Morgan fingerprint density at radius 1 is 1.14 bits per heavy atom.